The lowest BCUT2D eigenvalue weighted by molar-refractivity contribution is 0.0820. The number of hydrogen-bond acceptors (Lipinski definition) is 3. The van der Waals surface area contributed by atoms with E-state index in [2.05, 4.69) is 29.6 Å². The summed E-state index contributed by atoms with van der Waals surface area (Å²) in [5, 5.41) is 12.2. The molecule has 2 N–H and O–H groups in total. The van der Waals surface area contributed by atoms with Gasteiger partial charge in [-0.3, -0.25) is 0 Å². The predicted molar refractivity (Wildman–Crippen MR) is 63.2 cm³/mol. The van der Waals surface area contributed by atoms with Crippen molar-refractivity contribution in [1.82, 2.24) is 5.32 Å². The van der Waals surface area contributed by atoms with E-state index in [1.54, 1.807) is 0 Å². The van der Waals surface area contributed by atoms with Crippen LogP contribution in [0.3, 0.4) is 0 Å². The highest BCUT2D eigenvalue weighted by atomic mass is 16.5. The van der Waals surface area contributed by atoms with E-state index in [1.807, 2.05) is 0 Å². The summed E-state index contributed by atoms with van der Waals surface area (Å²) in [6.45, 7) is 2.68. The minimum Gasteiger partial charge on any atom is -0.396 e. The molecule has 1 atom stereocenters. The molecule has 0 amide bonds. The molecule has 1 aromatic carbocycles. The smallest absolute Gasteiger partial charge is 0.0721 e. The van der Waals surface area contributed by atoms with Crippen LogP contribution < -0.4 is 5.32 Å². The van der Waals surface area contributed by atoms with Gasteiger partial charge in [0.1, 0.15) is 0 Å². The highest BCUT2D eigenvalue weighted by Gasteiger charge is 2.18. The van der Waals surface area contributed by atoms with Gasteiger partial charge in [0.25, 0.3) is 0 Å². The molecule has 1 aromatic rings. The minimum atomic E-state index is 0.277. The third-order valence-corrected chi connectivity index (χ3v) is 2.95. The first-order valence-corrected chi connectivity index (χ1v) is 5.91. The number of hydrogen-bond donors (Lipinski definition) is 2. The van der Waals surface area contributed by atoms with Crippen LogP contribution >= 0.6 is 0 Å². The molecule has 0 saturated carbocycles. The molecule has 1 aliphatic rings. The number of fused-ring (bicyclic) bond motifs is 1. The zero-order chi connectivity index (χ0) is 11.2. The standard InChI is InChI=1S/C13H19NO2/c15-8-4-3-7-14-13-10-16-9-11-5-1-2-6-12(11)13/h1-2,5-6,13-15H,3-4,7-10H2. The molecule has 0 radical (unpaired) electrons. The minimum absolute atomic E-state index is 0.277. The average molecular weight is 221 g/mol. The van der Waals surface area contributed by atoms with Gasteiger partial charge in [0, 0.05) is 6.61 Å². The molecular weight excluding hydrogens is 202 g/mol. The quantitative estimate of drug-likeness (QED) is 0.742. The molecule has 3 heteroatoms. The van der Waals surface area contributed by atoms with Gasteiger partial charge >= 0.3 is 0 Å². The topological polar surface area (TPSA) is 41.5 Å². The maximum absolute atomic E-state index is 8.71. The van der Waals surface area contributed by atoms with E-state index in [-0.39, 0.29) is 6.61 Å². The van der Waals surface area contributed by atoms with Crippen LogP contribution in [0.1, 0.15) is 30.0 Å². The fraction of sp³-hybridized carbons (Fsp3) is 0.538. The molecule has 0 aliphatic carbocycles. The molecule has 2 rings (SSSR count). The van der Waals surface area contributed by atoms with Gasteiger partial charge in [-0.15, -0.1) is 0 Å². The summed E-state index contributed by atoms with van der Waals surface area (Å²) < 4.78 is 5.55. The van der Waals surface area contributed by atoms with Gasteiger partial charge in [0.2, 0.25) is 0 Å². The first-order valence-electron chi connectivity index (χ1n) is 5.91. The fourth-order valence-corrected chi connectivity index (χ4v) is 2.06. The Labute approximate surface area is 96.4 Å². The molecule has 0 aromatic heterocycles. The van der Waals surface area contributed by atoms with Gasteiger partial charge in [-0.25, -0.2) is 0 Å². The summed E-state index contributed by atoms with van der Waals surface area (Å²) in [4.78, 5) is 0. The lowest BCUT2D eigenvalue weighted by atomic mass is 9.99. The van der Waals surface area contributed by atoms with E-state index in [0.717, 1.165) is 32.6 Å². The Morgan fingerprint density at radius 1 is 1.31 bits per heavy atom. The zero-order valence-corrected chi connectivity index (χ0v) is 9.48. The average Bonchev–Trinajstić information content (AvgIpc) is 2.35. The van der Waals surface area contributed by atoms with Crippen LogP contribution in [0.15, 0.2) is 24.3 Å². The monoisotopic (exact) mass is 221 g/mol. The van der Waals surface area contributed by atoms with Crippen molar-refractivity contribution in [3.8, 4) is 0 Å². The van der Waals surface area contributed by atoms with E-state index >= 15 is 0 Å². The van der Waals surface area contributed by atoms with Crippen molar-refractivity contribution in [2.75, 3.05) is 19.8 Å². The van der Waals surface area contributed by atoms with E-state index in [9.17, 15) is 0 Å². The molecule has 0 spiro atoms. The third-order valence-electron chi connectivity index (χ3n) is 2.95. The van der Waals surface area contributed by atoms with Crippen LogP contribution in [0.5, 0.6) is 0 Å². The third kappa shape index (κ3) is 2.82. The van der Waals surface area contributed by atoms with Gasteiger partial charge in [-0.1, -0.05) is 24.3 Å². The Morgan fingerprint density at radius 2 is 2.19 bits per heavy atom. The Kier molecular flexibility index (Phi) is 4.34. The van der Waals surface area contributed by atoms with Gasteiger partial charge in [-0.05, 0) is 30.5 Å². The van der Waals surface area contributed by atoms with E-state index in [1.165, 1.54) is 11.1 Å². The molecule has 88 valence electrons. The SMILES string of the molecule is OCCCCNC1COCc2ccccc21. The largest absolute Gasteiger partial charge is 0.396 e. The fourth-order valence-electron chi connectivity index (χ4n) is 2.06. The summed E-state index contributed by atoms with van der Waals surface area (Å²) in [6, 6.07) is 8.73. The molecule has 1 unspecified atom stereocenters. The van der Waals surface area contributed by atoms with Crippen molar-refractivity contribution in [3.05, 3.63) is 35.4 Å². The maximum Gasteiger partial charge on any atom is 0.0721 e. The summed E-state index contributed by atoms with van der Waals surface area (Å²) in [5.74, 6) is 0. The highest BCUT2D eigenvalue weighted by Crippen LogP contribution is 2.24. The zero-order valence-electron chi connectivity index (χ0n) is 9.48. The number of rotatable bonds is 5. The lowest BCUT2D eigenvalue weighted by Crippen LogP contribution is -2.30. The number of ether oxygens (including phenoxy) is 1. The predicted octanol–water partition coefficient (Wildman–Crippen LogP) is 1.62. The number of aliphatic hydroxyl groups excluding tert-OH is 1. The summed E-state index contributed by atoms with van der Waals surface area (Å²) in [7, 11) is 0. The summed E-state index contributed by atoms with van der Waals surface area (Å²) >= 11 is 0. The van der Waals surface area contributed by atoms with Crippen LogP contribution in [0.25, 0.3) is 0 Å². The van der Waals surface area contributed by atoms with Gasteiger partial charge in [-0.2, -0.15) is 0 Å². The molecule has 0 saturated heterocycles. The van der Waals surface area contributed by atoms with Crippen LogP contribution in [-0.4, -0.2) is 24.9 Å². The second-order valence-electron chi connectivity index (χ2n) is 4.15. The first kappa shape index (κ1) is 11.6. The van der Waals surface area contributed by atoms with Crippen molar-refractivity contribution in [3.63, 3.8) is 0 Å². The Balaban J connectivity index is 1.91. The Hall–Kier alpha value is -0.900. The van der Waals surface area contributed by atoms with Crippen LogP contribution in [0.4, 0.5) is 0 Å². The molecule has 3 nitrogen and oxygen atoms in total. The number of unbranched alkanes of at least 4 members (excludes halogenated alkanes) is 1. The van der Waals surface area contributed by atoms with Crippen LogP contribution in [-0.2, 0) is 11.3 Å². The van der Waals surface area contributed by atoms with Crippen molar-refractivity contribution in [2.24, 2.45) is 0 Å². The molecule has 1 aliphatic heterocycles. The second-order valence-corrected chi connectivity index (χ2v) is 4.15. The highest BCUT2D eigenvalue weighted by molar-refractivity contribution is 5.30. The molecule has 0 fully saturated rings. The second kappa shape index (κ2) is 5.99. The van der Waals surface area contributed by atoms with Gasteiger partial charge < -0.3 is 15.2 Å². The van der Waals surface area contributed by atoms with Crippen molar-refractivity contribution in [2.45, 2.75) is 25.5 Å². The van der Waals surface area contributed by atoms with Gasteiger partial charge in [0.05, 0.1) is 19.3 Å². The molecule has 0 bridgehead atoms. The Bertz CT molecular complexity index is 327. The number of benzene rings is 1. The maximum atomic E-state index is 8.71. The molecule has 1 heterocycles. The molecule has 16 heavy (non-hydrogen) atoms. The van der Waals surface area contributed by atoms with Crippen molar-refractivity contribution >= 4 is 0 Å². The van der Waals surface area contributed by atoms with Crippen LogP contribution in [0.2, 0.25) is 0 Å². The Morgan fingerprint density at radius 3 is 3.06 bits per heavy atom. The molecular formula is C13H19NO2. The van der Waals surface area contributed by atoms with Crippen LogP contribution in [0, 0.1) is 0 Å². The number of aliphatic hydroxyl groups is 1. The van der Waals surface area contributed by atoms with E-state index in [0.29, 0.717) is 6.04 Å². The summed E-state index contributed by atoms with van der Waals surface area (Å²) in [6.07, 6.45) is 1.87. The normalized spacial score (nSPS) is 19.4. The summed E-state index contributed by atoms with van der Waals surface area (Å²) in [5.41, 5.74) is 2.64. The van der Waals surface area contributed by atoms with Crippen molar-refractivity contribution in [1.29, 1.82) is 0 Å². The van der Waals surface area contributed by atoms with E-state index in [4.69, 9.17) is 9.84 Å². The van der Waals surface area contributed by atoms with E-state index < -0.39 is 0 Å². The van der Waals surface area contributed by atoms with Crippen molar-refractivity contribution < 1.29 is 9.84 Å². The first-order chi connectivity index (χ1) is 7.92. The number of nitrogens with one attached hydrogen (secondary N) is 1. The van der Waals surface area contributed by atoms with Gasteiger partial charge in [0.15, 0.2) is 0 Å². The lowest BCUT2D eigenvalue weighted by Gasteiger charge is -2.26.